The molecule has 0 fully saturated rings. The van der Waals surface area contributed by atoms with Crippen molar-refractivity contribution in [1.82, 2.24) is 5.32 Å². The Hall–Kier alpha value is -2.82. The molecule has 124 valence electrons. The lowest BCUT2D eigenvalue weighted by atomic mass is 10.1. The molecule has 2 aromatic carbocycles. The summed E-state index contributed by atoms with van der Waals surface area (Å²) in [7, 11) is 1.57. The normalized spacial score (nSPS) is 12.3. The molecular weight excluding hydrogens is 304 g/mol. The summed E-state index contributed by atoms with van der Waals surface area (Å²) in [6, 6.07) is 15.1. The number of esters is 1. The maximum atomic E-state index is 12.0. The molecule has 3 rings (SSSR count). The van der Waals surface area contributed by atoms with Crippen LogP contribution < -0.4 is 10.1 Å². The van der Waals surface area contributed by atoms with Crippen LogP contribution in [0.2, 0.25) is 0 Å². The number of nitrogens with zero attached hydrogens (tertiary/aromatic N) is 1. The summed E-state index contributed by atoms with van der Waals surface area (Å²) in [4.78, 5) is 16.5. The van der Waals surface area contributed by atoms with Crippen molar-refractivity contribution >= 4 is 11.8 Å². The molecule has 0 bridgehead atoms. The van der Waals surface area contributed by atoms with E-state index in [1.54, 1.807) is 31.4 Å². The Labute approximate surface area is 141 Å². The predicted octanol–water partition coefficient (Wildman–Crippen LogP) is 2.79. The van der Waals surface area contributed by atoms with E-state index in [2.05, 4.69) is 22.4 Å². The SMILES string of the molecule is COc1cccc(C(=O)OCCCNC2=NCc3ccccc32)c1. The first-order valence-corrected chi connectivity index (χ1v) is 7.95. The molecule has 0 radical (unpaired) electrons. The second kappa shape index (κ2) is 7.64. The van der Waals surface area contributed by atoms with E-state index in [1.165, 1.54) is 5.56 Å². The van der Waals surface area contributed by atoms with Gasteiger partial charge in [-0.15, -0.1) is 0 Å². The van der Waals surface area contributed by atoms with Crippen LogP contribution in [-0.4, -0.2) is 32.1 Å². The van der Waals surface area contributed by atoms with E-state index >= 15 is 0 Å². The number of nitrogens with one attached hydrogen (secondary N) is 1. The first-order valence-electron chi connectivity index (χ1n) is 7.95. The van der Waals surface area contributed by atoms with E-state index in [9.17, 15) is 4.79 Å². The predicted molar refractivity (Wildman–Crippen MR) is 92.6 cm³/mol. The Morgan fingerprint density at radius 2 is 2.08 bits per heavy atom. The van der Waals surface area contributed by atoms with Crippen LogP contribution in [0.4, 0.5) is 0 Å². The van der Waals surface area contributed by atoms with Crippen molar-refractivity contribution in [2.75, 3.05) is 20.3 Å². The van der Waals surface area contributed by atoms with E-state index in [0.29, 0.717) is 24.5 Å². The maximum Gasteiger partial charge on any atom is 0.338 e. The summed E-state index contributed by atoms with van der Waals surface area (Å²) in [5.41, 5.74) is 2.90. The van der Waals surface area contributed by atoms with E-state index in [4.69, 9.17) is 9.47 Å². The van der Waals surface area contributed by atoms with Gasteiger partial charge in [0.05, 0.1) is 25.8 Å². The molecule has 1 aliphatic heterocycles. The largest absolute Gasteiger partial charge is 0.497 e. The molecule has 1 heterocycles. The average molecular weight is 324 g/mol. The van der Waals surface area contributed by atoms with Crippen molar-refractivity contribution in [2.45, 2.75) is 13.0 Å². The van der Waals surface area contributed by atoms with E-state index < -0.39 is 0 Å². The number of hydrogen-bond donors (Lipinski definition) is 1. The van der Waals surface area contributed by atoms with Crippen LogP contribution in [0.5, 0.6) is 5.75 Å². The van der Waals surface area contributed by atoms with Gasteiger partial charge in [-0.05, 0) is 30.2 Å². The second-order valence-corrected chi connectivity index (χ2v) is 5.47. The second-order valence-electron chi connectivity index (χ2n) is 5.47. The molecule has 0 saturated heterocycles. The van der Waals surface area contributed by atoms with Gasteiger partial charge in [0, 0.05) is 12.1 Å². The number of carbonyl (C=O) groups is 1. The zero-order valence-corrected chi connectivity index (χ0v) is 13.6. The van der Waals surface area contributed by atoms with Gasteiger partial charge in [0.1, 0.15) is 11.6 Å². The molecule has 0 atom stereocenters. The Morgan fingerprint density at radius 3 is 2.96 bits per heavy atom. The van der Waals surface area contributed by atoms with Gasteiger partial charge in [-0.25, -0.2) is 4.79 Å². The number of carbonyl (C=O) groups excluding carboxylic acids is 1. The van der Waals surface area contributed by atoms with Gasteiger partial charge < -0.3 is 14.8 Å². The van der Waals surface area contributed by atoms with Crippen LogP contribution in [0.3, 0.4) is 0 Å². The van der Waals surface area contributed by atoms with Gasteiger partial charge in [0.25, 0.3) is 0 Å². The van der Waals surface area contributed by atoms with Gasteiger partial charge in [-0.3, -0.25) is 4.99 Å². The first kappa shape index (κ1) is 16.1. The summed E-state index contributed by atoms with van der Waals surface area (Å²) < 4.78 is 10.4. The maximum absolute atomic E-state index is 12.0. The van der Waals surface area contributed by atoms with E-state index in [1.807, 2.05) is 12.1 Å². The Bertz CT molecular complexity index is 756. The third kappa shape index (κ3) is 3.74. The number of benzene rings is 2. The van der Waals surface area contributed by atoms with Crippen molar-refractivity contribution in [3.8, 4) is 5.75 Å². The number of methoxy groups -OCH3 is 1. The van der Waals surface area contributed by atoms with Crippen LogP contribution in [-0.2, 0) is 11.3 Å². The van der Waals surface area contributed by atoms with Crippen molar-refractivity contribution in [2.24, 2.45) is 4.99 Å². The number of hydrogen-bond acceptors (Lipinski definition) is 5. The van der Waals surface area contributed by atoms with Crippen LogP contribution in [0.15, 0.2) is 53.5 Å². The van der Waals surface area contributed by atoms with Crippen molar-refractivity contribution < 1.29 is 14.3 Å². The quantitative estimate of drug-likeness (QED) is 0.656. The van der Waals surface area contributed by atoms with Crippen LogP contribution >= 0.6 is 0 Å². The Balaban J connectivity index is 1.41. The molecule has 0 spiro atoms. The van der Waals surface area contributed by atoms with E-state index in [0.717, 1.165) is 24.4 Å². The minimum atomic E-state index is -0.336. The molecule has 1 aliphatic rings. The molecule has 5 heteroatoms. The summed E-state index contributed by atoms with van der Waals surface area (Å²) in [5.74, 6) is 1.23. The third-order valence-electron chi connectivity index (χ3n) is 3.83. The van der Waals surface area contributed by atoms with Gasteiger partial charge in [-0.2, -0.15) is 0 Å². The van der Waals surface area contributed by atoms with Gasteiger partial charge >= 0.3 is 5.97 Å². The molecule has 24 heavy (non-hydrogen) atoms. The van der Waals surface area contributed by atoms with Crippen LogP contribution in [0.1, 0.15) is 27.9 Å². The van der Waals surface area contributed by atoms with Crippen LogP contribution in [0.25, 0.3) is 0 Å². The molecular formula is C19H20N2O3. The van der Waals surface area contributed by atoms with Gasteiger partial charge in [-0.1, -0.05) is 30.3 Å². The lowest BCUT2D eigenvalue weighted by Gasteiger charge is -2.09. The summed E-state index contributed by atoms with van der Waals surface area (Å²) >= 11 is 0. The number of fused-ring (bicyclic) bond motifs is 1. The monoisotopic (exact) mass is 324 g/mol. The van der Waals surface area contributed by atoms with Crippen molar-refractivity contribution in [1.29, 1.82) is 0 Å². The minimum Gasteiger partial charge on any atom is -0.497 e. The Kier molecular flexibility index (Phi) is 5.11. The number of amidine groups is 1. The van der Waals surface area contributed by atoms with Crippen molar-refractivity contribution in [3.05, 3.63) is 65.2 Å². The molecule has 5 nitrogen and oxygen atoms in total. The molecule has 2 aromatic rings. The van der Waals surface area contributed by atoms with Crippen LogP contribution in [0, 0.1) is 0 Å². The zero-order chi connectivity index (χ0) is 16.8. The highest BCUT2D eigenvalue weighted by Gasteiger charge is 2.14. The molecule has 0 aromatic heterocycles. The molecule has 0 saturated carbocycles. The topological polar surface area (TPSA) is 59.9 Å². The van der Waals surface area contributed by atoms with Gasteiger partial charge in [0.15, 0.2) is 0 Å². The summed E-state index contributed by atoms with van der Waals surface area (Å²) in [5, 5.41) is 3.31. The molecule has 0 aliphatic carbocycles. The fourth-order valence-corrected chi connectivity index (χ4v) is 2.57. The minimum absolute atomic E-state index is 0.336. The highest BCUT2D eigenvalue weighted by molar-refractivity contribution is 6.01. The zero-order valence-electron chi connectivity index (χ0n) is 13.6. The fraction of sp³-hybridized carbons (Fsp3) is 0.263. The lowest BCUT2D eigenvalue weighted by molar-refractivity contribution is 0.0501. The lowest BCUT2D eigenvalue weighted by Crippen LogP contribution is -2.25. The Morgan fingerprint density at radius 1 is 1.21 bits per heavy atom. The van der Waals surface area contributed by atoms with Crippen molar-refractivity contribution in [3.63, 3.8) is 0 Å². The molecule has 0 unspecified atom stereocenters. The highest BCUT2D eigenvalue weighted by atomic mass is 16.5. The highest BCUT2D eigenvalue weighted by Crippen LogP contribution is 2.17. The van der Waals surface area contributed by atoms with E-state index in [-0.39, 0.29) is 5.97 Å². The standard InChI is InChI=1S/C19H20N2O3/c1-23-16-8-4-7-14(12-16)19(22)24-11-5-10-20-18-17-9-3-2-6-15(17)13-21-18/h2-4,6-9,12H,5,10-11,13H2,1H3,(H,20,21). The summed E-state index contributed by atoms with van der Waals surface area (Å²) in [6.07, 6.45) is 0.719. The number of aliphatic imine (C=N–C) groups is 1. The average Bonchev–Trinajstić information content (AvgIpc) is 3.04. The smallest absolute Gasteiger partial charge is 0.338 e. The summed E-state index contributed by atoms with van der Waals surface area (Å²) in [6.45, 7) is 1.79. The van der Waals surface area contributed by atoms with Gasteiger partial charge in [0.2, 0.25) is 0 Å². The first-order chi connectivity index (χ1) is 11.8. The third-order valence-corrected chi connectivity index (χ3v) is 3.83. The fourth-order valence-electron chi connectivity index (χ4n) is 2.57. The molecule has 1 N–H and O–H groups in total. The number of ether oxygens (including phenoxy) is 2. The molecule has 0 amide bonds. The number of rotatable bonds is 6.